The third kappa shape index (κ3) is 4.32. The van der Waals surface area contributed by atoms with E-state index in [0.29, 0.717) is 7.05 Å². The van der Waals surface area contributed by atoms with E-state index in [1.54, 1.807) is 23.9 Å². The van der Waals surface area contributed by atoms with Crippen LogP contribution in [0.3, 0.4) is 0 Å². The van der Waals surface area contributed by atoms with Crippen molar-refractivity contribution in [2.45, 2.75) is 17.9 Å². The summed E-state index contributed by atoms with van der Waals surface area (Å²) in [6.45, 7) is 1.86. The molecule has 0 unspecified atom stereocenters. The Hall–Kier alpha value is -2.49. The highest BCUT2D eigenvalue weighted by Gasteiger charge is 2.71. The quantitative estimate of drug-likeness (QED) is 0.266. The topological polar surface area (TPSA) is 20.3 Å². The summed E-state index contributed by atoms with van der Waals surface area (Å²) in [7, 11) is 0.608. The van der Waals surface area contributed by atoms with Gasteiger partial charge in [-0.1, -0.05) is 42.8 Å². The number of halogens is 6. The van der Waals surface area contributed by atoms with Crippen LogP contribution in [0.5, 0.6) is 0 Å². The molecule has 1 aromatic rings. The normalized spacial score (nSPS) is 12.2. The molecule has 0 aliphatic carbocycles. The molecule has 0 N–H and O–H groups in total. The molecule has 0 aliphatic rings. The van der Waals surface area contributed by atoms with Crippen LogP contribution in [0, 0.1) is 11.8 Å². The lowest BCUT2D eigenvalue weighted by Crippen LogP contribution is -2.65. The lowest BCUT2D eigenvalue weighted by molar-refractivity contribution is -0.318. The van der Waals surface area contributed by atoms with Crippen LogP contribution < -0.4 is 0 Å². The van der Waals surface area contributed by atoms with Gasteiger partial charge in [-0.25, -0.2) is 0 Å². The van der Waals surface area contributed by atoms with Gasteiger partial charge >= 0.3 is 12.4 Å². The molecule has 8 heteroatoms. The van der Waals surface area contributed by atoms with Gasteiger partial charge in [-0.15, -0.1) is 5.73 Å². The van der Waals surface area contributed by atoms with Crippen LogP contribution in [-0.2, 0) is 0 Å². The van der Waals surface area contributed by atoms with E-state index in [1.165, 1.54) is 12.1 Å². The van der Waals surface area contributed by atoms with E-state index >= 15 is 0 Å². The minimum Gasteiger partial charge on any atom is -0.279 e. The van der Waals surface area contributed by atoms with Crippen LogP contribution in [0.4, 0.5) is 26.3 Å². The number of rotatable bonds is 4. The highest BCUT2D eigenvalue weighted by atomic mass is 19.4. The number of carbonyl (C=O) groups is 1. The van der Waals surface area contributed by atoms with Crippen molar-refractivity contribution >= 4 is 5.78 Å². The SMILES string of the molecule is C=C=CC(N(C)CC#CC(=O)c1ccccc1)(C(F)(F)F)C(F)(F)F. The number of alkyl halides is 6. The summed E-state index contributed by atoms with van der Waals surface area (Å²) >= 11 is 0. The van der Waals surface area contributed by atoms with E-state index in [0.717, 1.165) is 0 Å². The summed E-state index contributed by atoms with van der Waals surface area (Å²) in [5.41, 5.74) is -2.56. The van der Waals surface area contributed by atoms with Crippen molar-refractivity contribution in [2.75, 3.05) is 13.6 Å². The first-order valence-electron chi connectivity index (χ1n) is 6.77. The van der Waals surface area contributed by atoms with Crippen molar-refractivity contribution in [2.24, 2.45) is 0 Å². The maximum atomic E-state index is 13.2. The third-order valence-corrected chi connectivity index (χ3v) is 3.33. The van der Waals surface area contributed by atoms with Gasteiger partial charge in [0.2, 0.25) is 11.3 Å². The minimum absolute atomic E-state index is 0.0452. The molecule has 134 valence electrons. The molecule has 0 amide bonds. The zero-order valence-corrected chi connectivity index (χ0v) is 13.0. The number of ketones is 1. The average Bonchev–Trinajstić information content (AvgIpc) is 2.50. The summed E-state index contributed by atoms with van der Waals surface area (Å²) < 4.78 is 79.1. The lowest BCUT2D eigenvalue weighted by Gasteiger charge is -2.40. The molecule has 25 heavy (non-hydrogen) atoms. The molecule has 0 radical (unpaired) electrons. The second kappa shape index (κ2) is 7.60. The van der Waals surface area contributed by atoms with Gasteiger partial charge in [0.25, 0.3) is 0 Å². The molecule has 0 bridgehead atoms. The molecular formula is C17H13F6NO. The fourth-order valence-electron chi connectivity index (χ4n) is 2.04. The lowest BCUT2D eigenvalue weighted by atomic mass is 9.95. The summed E-state index contributed by atoms with van der Waals surface area (Å²) in [6, 6.07) is 7.59. The van der Waals surface area contributed by atoms with Gasteiger partial charge in [0.05, 0.1) is 6.54 Å². The van der Waals surface area contributed by atoms with E-state index in [4.69, 9.17) is 0 Å². The monoisotopic (exact) mass is 361 g/mol. The van der Waals surface area contributed by atoms with Gasteiger partial charge in [0.1, 0.15) is 0 Å². The molecule has 0 fully saturated rings. The summed E-state index contributed by atoms with van der Waals surface area (Å²) in [6.07, 6.45) is -11.6. The molecule has 0 heterocycles. The van der Waals surface area contributed by atoms with Crippen molar-refractivity contribution in [3.8, 4) is 11.8 Å². The Kier molecular flexibility index (Phi) is 6.25. The first kappa shape index (κ1) is 20.6. The highest BCUT2D eigenvalue weighted by Crippen LogP contribution is 2.47. The van der Waals surface area contributed by atoms with Gasteiger partial charge in [0, 0.05) is 5.56 Å². The van der Waals surface area contributed by atoms with Crippen LogP contribution >= 0.6 is 0 Å². The zero-order chi connectivity index (χ0) is 19.3. The number of nitrogens with zero attached hydrogens (tertiary/aromatic N) is 1. The fourth-order valence-corrected chi connectivity index (χ4v) is 2.04. The van der Waals surface area contributed by atoms with Crippen LogP contribution in [0.1, 0.15) is 10.4 Å². The number of carbonyl (C=O) groups excluding carboxylic acids is 1. The Morgan fingerprint density at radius 1 is 1.12 bits per heavy atom. The molecule has 0 saturated heterocycles. The van der Waals surface area contributed by atoms with E-state index in [2.05, 4.69) is 6.58 Å². The van der Waals surface area contributed by atoms with Gasteiger partial charge in [-0.05, 0) is 19.0 Å². The molecule has 0 aromatic heterocycles. The van der Waals surface area contributed by atoms with Gasteiger partial charge in [-0.3, -0.25) is 9.69 Å². The second-order valence-electron chi connectivity index (χ2n) is 4.96. The summed E-state index contributed by atoms with van der Waals surface area (Å²) in [5.74, 6) is 3.37. The van der Waals surface area contributed by atoms with Gasteiger partial charge in [0.15, 0.2) is 0 Å². The maximum absolute atomic E-state index is 13.2. The molecule has 1 rings (SSSR count). The number of likely N-dealkylation sites (N-methyl/N-ethyl adjacent to an activating group) is 1. The van der Waals surface area contributed by atoms with Crippen molar-refractivity contribution in [3.05, 3.63) is 54.3 Å². The van der Waals surface area contributed by atoms with Crippen LogP contribution in [0.15, 0.2) is 48.7 Å². The third-order valence-electron chi connectivity index (χ3n) is 3.33. The van der Waals surface area contributed by atoms with Crippen molar-refractivity contribution in [3.63, 3.8) is 0 Å². The Morgan fingerprint density at radius 3 is 2.08 bits per heavy atom. The molecule has 0 saturated carbocycles. The number of benzene rings is 1. The number of Topliss-reactive ketones (excluding diaryl/α,β-unsaturated/α-hetero) is 1. The highest BCUT2D eigenvalue weighted by molar-refractivity contribution is 6.08. The Balaban J connectivity index is 3.14. The van der Waals surface area contributed by atoms with Crippen molar-refractivity contribution in [1.82, 2.24) is 4.90 Å². The molecule has 1 aromatic carbocycles. The summed E-state index contributed by atoms with van der Waals surface area (Å²) in [4.78, 5) is 11.7. The molecule has 0 aliphatic heterocycles. The number of hydrogen-bond donors (Lipinski definition) is 0. The Morgan fingerprint density at radius 2 is 1.64 bits per heavy atom. The van der Waals surface area contributed by atoms with Gasteiger partial charge in [-0.2, -0.15) is 26.3 Å². The molecular weight excluding hydrogens is 348 g/mol. The smallest absolute Gasteiger partial charge is 0.279 e. The predicted octanol–water partition coefficient (Wildman–Crippen LogP) is 4.01. The zero-order valence-electron chi connectivity index (χ0n) is 13.0. The maximum Gasteiger partial charge on any atom is 0.420 e. The van der Waals surface area contributed by atoms with E-state index in [1.807, 2.05) is 11.8 Å². The number of hydrogen-bond acceptors (Lipinski definition) is 2. The van der Waals surface area contributed by atoms with Gasteiger partial charge < -0.3 is 0 Å². The van der Waals surface area contributed by atoms with E-state index < -0.39 is 30.2 Å². The molecule has 0 spiro atoms. The fraction of sp³-hybridized carbons (Fsp3) is 0.294. The Bertz CT molecular complexity index is 703. The largest absolute Gasteiger partial charge is 0.420 e. The van der Waals surface area contributed by atoms with E-state index in [-0.39, 0.29) is 16.5 Å². The average molecular weight is 361 g/mol. The second-order valence-corrected chi connectivity index (χ2v) is 4.96. The predicted molar refractivity (Wildman–Crippen MR) is 79.7 cm³/mol. The van der Waals surface area contributed by atoms with Crippen LogP contribution in [0.2, 0.25) is 0 Å². The van der Waals surface area contributed by atoms with Crippen LogP contribution in [-0.4, -0.2) is 42.2 Å². The van der Waals surface area contributed by atoms with Crippen molar-refractivity contribution in [1.29, 1.82) is 0 Å². The first-order chi connectivity index (χ1) is 11.5. The van der Waals surface area contributed by atoms with E-state index in [9.17, 15) is 31.1 Å². The minimum atomic E-state index is -5.68. The Labute approximate surface area is 140 Å². The van der Waals surface area contributed by atoms with Crippen LogP contribution in [0.25, 0.3) is 0 Å². The first-order valence-corrected chi connectivity index (χ1v) is 6.77. The van der Waals surface area contributed by atoms with Crippen molar-refractivity contribution < 1.29 is 31.1 Å². The summed E-state index contributed by atoms with van der Waals surface area (Å²) in [5, 5.41) is 0. The standard InChI is InChI=1S/C17H13F6NO/c1-3-11-15(16(18,19)20,17(21,22)23)24(2)12-7-10-14(25)13-8-5-4-6-9-13/h4-6,8-9,11H,1,12H2,2H3. The molecule has 2 nitrogen and oxygen atoms in total. The molecule has 0 atom stereocenters.